The molecule has 0 unspecified atom stereocenters. The van der Waals surface area contributed by atoms with Gasteiger partial charge in [0.05, 0.1) is 61.0 Å². The molecule has 14 nitrogen and oxygen atoms in total. The maximum Gasteiger partial charge on any atom is 0.256 e. The van der Waals surface area contributed by atoms with E-state index >= 15 is 0 Å². The van der Waals surface area contributed by atoms with E-state index in [2.05, 4.69) is 34.1 Å². The number of β-amino-alcohol motifs (C(OH)–C–C–N with tert-alkyl or cyclic N) is 2. The van der Waals surface area contributed by atoms with Crippen molar-refractivity contribution in [3.8, 4) is 11.5 Å². The molecule has 4 aliphatic heterocycles. The van der Waals surface area contributed by atoms with Crippen LogP contribution in [0.2, 0.25) is 0 Å². The molecular formula is C50H62N6O8. The summed E-state index contributed by atoms with van der Waals surface area (Å²) >= 11 is 0. The number of hydrogen-bond donors (Lipinski definition) is 4. The largest absolute Gasteiger partial charge is 0.490 e. The molecule has 2 atom stereocenters. The molecule has 2 aliphatic carbocycles. The number of piperidine rings is 2. The van der Waals surface area contributed by atoms with Crippen LogP contribution in [0.5, 0.6) is 11.5 Å². The zero-order chi connectivity index (χ0) is 44.8. The van der Waals surface area contributed by atoms with Gasteiger partial charge >= 0.3 is 0 Å². The molecule has 2 amide bonds. The number of aliphatic hydroxyl groups is 4. The van der Waals surface area contributed by atoms with Crippen molar-refractivity contribution < 1.29 is 39.5 Å². The minimum atomic E-state index is -0.263. The highest BCUT2D eigenvalue weighted by molar-refractivity contribution is 6.00. The average molecular weight is 875 g/mol. The van der Waals surface area contributed by atoms with E-state index in [1.807, 2.05) is 39.8 Å². The summed E-state index contributed by atoms with van der Waals surface area (Å²) < 4.78 is 12.6. The molecule has 4 N–H and O–H groups in total. The predicted octanol–water partition coefficient (Wildman–Crippen LogP) is 4.31. The van der Waals surface area contributed by atoms with Gasteiger partial charge < -0.3 is 49.5 Å². The normalized spacial score (nSPS) is 20.6. The molecule has 0 bridgehead atoms. The van der Waals surface area contributed by atoms with Gasteiger partial charge in [0, 0.05) is 65.0 Å². The number of amides is 2. The second kappa shape index (κ2) is 18.3. The Hall–Kier alpha value is -5.28. The standard InChI is InChI=1S/2C25H31N3O4/c2*1-15-16(2)24(26-22-14-28(9-10-29)25(31)23(15)22)27-7-5-20(6-8-27)32-21-4-3-17-11-19(30)12-18(17)13-21/h2*3-4,13,19-20,29-30H,5-12,14H2,1-2H3/t2*19-/m10/s1. The van der Waals surface area contributed by atoms with E-state index in [0.717, 1.165) is 121 Å². The van der Waals surface area contributed by atoms with Crippen molar-refractivity contribution in [1.82, 2.24) is 19.8 Å². The van der Waals surface area contributed by atoms with E-state index in [1.165, 1.54) is 22.3 Å². The second-order valence-electron chi connectivity index (χ2n) is 18.5. The number of hydrogen-bond acceptors (Lipinski definition) is 12. The first-order valence-corrected chi connectivity index (χ1v) is 23.1. The van der Waals surface area contributed by atoms with Gasteiger partial charge in [-0.05, 0) is 122 Å². The van der Waals surface area contributed by atoms with Crippen LogP contribution in [-0.2, 0) is 38.8 Å². The van der Waals surface area contributed by atoms with Gasteiger partial charge in [0.1, 0.15) is 35.3 Å². The van der Waals surface area contributed by atoms with Gasteiger partial charge in [-0.2, -0.15) is 0 Å². The number of nitrogens with zero attached hydrogens (tertiary/aromatic N) is 6. The fraction of sp³-hybridized carbons (Fsp3) is 0.520. The lowest BCUT2D eigenvalue weighted by molar-refractivity contribution is 0.0739. The number of aliphatic hydroxyl groups excluding tert-OH is 4. The van der Waals surface area contributed by atoms with E-state index in [4.69, 9.17) is 19.4 Å². The van der Waals surface area contributed by atoms with Crippen molar-refractivity contribution in [3.63, 3.8) is 0 Å². The Morgan fingerprint density at radius 3 is 1.31 bits per heavy atom. The fourth-order valence-electron chi connectivity index (χ4n) is 10.6. The third-order valence-electron chi connectivity index (χ3n) is 14.3. The van der Waals surface area contributed by atoms with E-state index in [1.54, 1.807) is 9.80 Å². The van der Waals surface area contributed by atoms with Crippen LogP contribution in [0.1, 0.15) is 102 Å². The first-order valence-electron chi connectivity index (χ1n) is 23.1. The summed E-state index contributed by atoms with van der Waals surface area (Å²) in [5.41, 5.74) is 12.0. The number of carbonyl (C=O) groups excluding carboxylic acids is 2. The highest BCUT2D eigenvalue weighted by Gasteiger charge is 2.35. The van der Waals surface area contributed by atoms with Crippen LogP contribution >= 0.6 is 0 Å². The SMILES string of the molecule is Cc1c(N2CCC(Oc3ccc4c(c3)C[C@@H](O)C4)CC2)nc2c(c1C)C(=O)N(CCO)C2.Cc1c(N2CCC(Oc3ccc4c(c3)C[C@H](O)C4)CC2)nc2c(c1C)C(=O)N(CCO)C2. The molecule has 340 valence electrons. The Morgan fingerprint density at radius 1 is 0.562 bits per heavy atom. The summed E-state index contributed by atoms with van der Waals surface area (Å²) in [6, 6.07) is 12.4. The minimum absolute atomic E-state index is 0.0253. The Morgan fingerprint density at radius 2 is 0.938 bits per heavy atom. The lowest BCUT2D eigenvalue weighted by Crippen LogP contribution is -2.39. The number of ether oxygens (including phenoxy) is 2. The maximum absolute atomic E-state index is 12.7. The Kier molecular flexibility index (Phi) is 12.6. The first-order chi connectivity index (χ1) is 30.9. The first kappa shape index (κ1) is 43.9. The van der Waals surface area contributed by atoms with Gasteiger partial charge in [-0.25, -0.2) is 9.97 Å². The predicted molar refractivity (Wildman–Crippen MR) is 243 cm³/mol. The zero-order valence-electron chi connectivity index (χ0n) is 37.6. The van der Waals surface area contributed by atoms with E-state index in [9.17, 15) is 30.0 Å². The molecule has 2 aromatic heterocycles. The van der Waals surface area contributed by atoms with Crippen LogP contribution in [0.15, 0.2) is 36.4 Å². The second-order valence-corrected chi connectivity index (χ2v) is 18.5. The van der Waals surface area contributed by atoms with Gasteiger partial charge in [-0.1, -0.05) is 12.1 Å². The summed E-state index contributed by atoms with van der Waals surface area (Å²) in [7, 11) is 0. The number of anilines is 2. The third-order valence-corrected chi connectivity index (χ3v) is 14.3. The smallest absolute Gasteiger partial charge is 0.256 e. The Balaban J connectivity index is 0.000000162. The molecule has 14 heteroatoms. The van der Waals surface area contributed by atoms with E-state index in [0.29, 0.717) is 50.1 Å². The number of benzene rings is 2. The fourth-order valence-corrected chi connectivity index (χ4v) is 10.6. The molecule has 64 heavy (non-hydrogen) atoms. The lowest BCUT2D eigenvalue weighted by Gasteiger charge is -2.34. The average Bonchev–Trinajstić information content (AvgIpc) is 4.02. The Labute approximate surface area is 375 Å². The number of fused-ring (bicyclic) bond motifs is 4. The van der Waals surface area contributed by atoms with Gasteiger partial charge in [0.25, 0.3) is 11.8 Å². The maximum atomic E-state index is 12.7. The number of aromatic nitrogens is 2. The van der Waals surface area contributed by atoms with Crippen LogP contribution < -0.4 is 19.3 Å². The molecule has 4 aromatic rings. The van der Waals surface area contributed by atoms with Crippen molar-refractivity contribution in [1.29, 1.82) is 0 Å². The van der Waals surface area contributed by atoms with E-state index in [-0.39, 0.29) is 49.4 Å². The zero-order valence-corrected chi connectivity index (χ0v) is 37.6. The third kappa shape index (κ3) is 8.65. The van der Waals surface area contributed by atoms with Crippen LogP contribution in [0.25, 0.3) is 0 Å². The summed E-state index contributed by atoms with van der Waals surface area (Å²) in [5.74, 6) is 3.66. The van der Waals surface area contributed by atoms with Gasteiger partial charge in [0.2, 0.25) is 0 Å². The monoisotopic (exact) mass is 874 g/mol. The number of pyridine rings is 2. The highest BCUT2D eigenvalue weighted by atomic mass is 16.5. The summed E-state index contributed by atoms with van der Waals surface area (Å²) in [5, 5.41) is 38.2. The van der Waals surface area contributed by atoms with Crippen molar-refractivity contribution in [2.24, 2.45) is 0 Å². The number of rotatable bonds is 10. The molecule has 6 heterocycles. The van der Waals surface area contributed by atoms with Gasteiger partial charge in [-0.15, -0.1) is 0 Å². The molecule has 2 aromatic carbocycles. The van der Waals surface area contributed by atoms with Crippen molar-refractivity contribution in [2.75, 3.05) is 62.3 Å². The molecule has 0 spiro atoms. The Bertz CT molecular complexity index is 2260. The van der Waals surface area contributed by atoms with E-state index < -0.39 is 0 Å². The topological polar surface area (TPSA) is 172 Å². The molecule has 2 fully saturated rings. The van der Waals surface area contributed by atoms with Crippen LogP contribution in [0.4, 0.5) is 11.6 Å². The number of carbonyl (C=O) groups is 2. The molecule has 0 saturated carbocycles. The van der Waals surface area contributed by atoms with Crippen LogP contribution in [0, 0.1) is 27.7 Å². The van der Waals surface area contributed by atoms with Gasteiger partial charge in [-0.3, -0.25) is 9.59 Å². The molecule has 10 rings (SSSR count). The summed E-state index contributed by atoms with van der Waals surface area (Å²) in [6.45, 7) is 13.0. The summed E-state index contributed by atoms with van der Waals surface area (Å²) in [4.78, 5) is 43.1. The molecule has 0 radical (unpaired) electrons. The molecular weight excluding hydrogens is 813 g/mol. The summed E-state index contributed by atoms with van der Waals surface area (Å²) in [6.07, 6.45) is 6.34. The quantitative estimate of drug-likeness (QED) is 0.178. The van der Waals surface area contributed by atoms with Gasteiger partial charge in [0.15, 0.2) is 0 Å². The van der Waals surface area contributed by atoms with Crippen molar-refractivity contribution >= 4 is 23.5 Å². The highest BCUT2D eigenvalue weighted by Crippen LogP contribution is 2.36. The molecule has 6 aliphatic rings. The minimum Gasteiger partial charge on any atom is -0.490 e. The van der Waals surface area contributed by atoms with Crippen LogP contribution in [-0.4, -0.2) is 129 Å². The molecule has 2 saturated heterocycles. The van der Waals surface area contributed by atoms with Crippen LogP contribution in [0.3, 0.4) is 0 Å². The van der Waals surface area contributed by atoms with Crippen molar-refractivity contribution in [3.05, 3.63) is 103 Å². The van der Waals surface area contributed by atoms with Crippen molar-refractivity contribution in [2.45, 2.75) is 117 Å². The lowest BCUT2D eigenvalue weighted by atomic mass is 10.0.